The first-order chi connectivity index (χ1) is 8.70. The van der Waals surface area contributed by atoms with E-state index in [0.29, 0.717) is 6.10 Å². The highest BCUT2D eigenvalue weighted by molar-refractivity contribution is 9.11. The monoisotopic (exact) mass is 376 g/mol. The Balaban J connectivity index is 2.03. The molecule has 1 aliphatic heterocycles. The number of nitrogens with zero attached hydrogens (tertiary/aromatic N) is 2. The van der Waals surface area contributed by atoms with Crippen molar-refractivity contribution in [1.82, 2.24) is 4.98 Å². The van der Waals surface area contributed by atoms with Gasteiger partial charge in [0.05, 0.1) is 10.6 Å². The van der Waals surface area contributed by atoms with Crippen molar-refractivity contribution in [3.05, 3.63) is 21.2 Å². The third-order valence-electron chi connectivity index (χ3n) is 3.02. The Labute approximate surface area is 125 Å². The molecule has 1 fully saturated rings. The molecule has 0 saturated carbocycles. The highest BCUT2D eigenvalue weighted by Gasteiger charge is 2.22. The van der Waals surface area contributed by atoms with Gasteiger partial charge in [0.1, 0.15) is 5.82 Å². The van der Waals surface area contributed by atoms with Gasteiger partial charge < -0.3 is 9.64 Å². The van der Waals surface area contributed by atoms with Crippen molar-refractivity contribution in [1.29, 1.82) is 0 Å². The topological polar surface area (TPSA) is 25.4 Å². The minimum Gasteiger partial charge on any atom is -0.376 e. The first-order valence-electron chi connectivity index (χ1n) is 6.38. The maximum Gasteiger partial charge on any atom is 0.143 e. The minimum atomic E-state index is 0.344. The van der Waals surface area contributed by atoms with Crippen molar-refractivity contribution in [2.75, 3.05) is 24.6 Å². The molecule has 100 valence electrons. The summed E-state index contributed by atoms with van der Waals surface area (Å²) in [4.78, 5) is 6.80. The predicted octanol–water partition coefficient (Wildman–Crippen LogP) is 4.00. The molecule has 1 aromatic heterocycles. The van der Waals surface area contributed by atoms with Crippen molar-refractivity contribution in [3.63, 3.8) is 0 Å². The van der Waals surface area contributed by atoms with Crippen molar-refractivity contribution in [2.24, 2.45) is 0 Å². The summed E-state index contributed by atoms with van der Waals surface area (Å²) in [6.45, 7) is 4.99. The molecule has 0 spiro atoms. The number of aromatic nitrogens is 1. The van der Waals surface area contributed by atoms with Crippen LogP contribution in [0.3, 0.4) is 0 Å². The number of pyridine rings is 1. The highest BCUT2D eigenvalue weighted by atomic mass is 79.9. The van der Waals surface area contributed by atoms with Crippen molar-refractivity contribution >= 4 is 37.7 Å². The molecule has 0 aliphatic carbocycles. The molecular weight excluding hydrogens is 360 g/mol. The average Bonchev–Trinajstić information content (AvgIpc) is 2.36. The van der Waals surface area contributed by atoms with Crippen LogP contribution in [0.25, 0.3) is 0 Å². The minimum absolute atomic E-state index is 0.344. The Morgan fingerprint density at radius 1 is 1.50 bits per heavy atom. The second-order valence-electron chi connectivity index (χ2n) is 4.54. The molecule has 1 atom stereocenters. The van der Waals surface area contributed by atoms with Gasteiger partial charge in [0.15, 0.2) is 0 Å². The molecule has 0 radical (unpaired) electrons. The van der Waals surface area contributed by atoms with Crippen LogP contribution in [0.15, 0.2) is 21.2 Å². The number of anilines is 1. The quantitative estimate of drug-likeness (QED) is 0.792. The van der Waals surface area contributed by atoms with E-state index in [-0.39, 0.29) is 0 Å². The lowest BCUT2D eigenvalue weighted by atomic mass is 10.1. The van der Waals surface area contributed by atoms with Gasteiger partial charge in [-0.1, -0.05) is 6.92 Å². The van der Waals surface area contributed by atoms with Crippen LogP contribution in [-0.4, -0.2) is 30.8 Å². The molecule has 0 bridgehead atoms. The standard InChI is InChI=1S/C13H18Br2N2O/c1-2-6-18-11-4-3-5-17(9-11)13-12(15)7-10(14)8-16-13/h7-8,11H,2-6,9H2,1H3. The molecule has 2 rings (SSSR count). The Hall–Kier alpha value is -0.130. The molecule has 0 N–H and O–H groups in total. The predicted molar refractivity (Wildman–Crippen MR) is 81.1 cm³/mol. The Kier molecular flexibility index (Phi) is 5.45. The summed E-state index contributed by atoms with van der Waals surface area (Å²) in [5, 5.41) is 0. The van der Waals surface area contributed by atoms with Gasteiger partial charge in [0.2, 0.25) is 0 Å². The van der Waals surface area contributed by atoms with E-state index in [4.69, 9.17) is 4.74 Å². The molecule has 1 unspecified atom stereocenters. The van der Waals surface area contributed by atoms with Gasteiger partial charge in [-0.3, -0.25) is 0 Å². The Morgan fingerprint density at radius 3 is 3.06 bits per heavy atom. The summed E-state index contributed by atoms with van der Waals surface area (Å²) in [6, 6.07) is 2.04. The smallest absolute Gasteiger partial charge is 0.143 e. The van der Waals surface area contributed by atoms with Crippen LogP contribution in [0.2, 0.25) is 0 Å². The van der Waals surface area contributed by atoms with Crippen LogP contribution in [0.4, 0.5) is 5.82 Å². The zero-order valence-corrected chi connectivity index (χ0v) is 13.7. The summed E-state index contributed by atoms with van der Waals surface area (Å²) < 4.78 is 7.88. The number of piperidine rings is 1. The lowest BCUT2D eigenvalue weighted by molar-refractivity contribution is 0.0439. The molecule has 1 aliphatic rings. The first kappa shape index (κ1) is 14.3. The molecule has 1 saturated heterocycles. The molecule has 2 heterocycles. The largest absolute Gasteiger partial charge is 0.376 e. The van der Waals surface area contributed by atoms with Crippen LogP contribution in [0.5, 0.6) is 0 Å². The second-order valence-corrected chi connectivity index (χ2v) is 6.31. The fourth-order valence-corrected chi connectivity index (χ4v) is 3.43. The summed E-state index contributed by atoms with van der Waals surface area (Å²) in [5.41, 5.74) is 0. The fraction of sp³-hybridized carbons (Fsp3) is 0.615. The van der Waals surface area contributed by atoms with Crippen LogP contribution in [0.1, 0.15) is 26.2 Å². The van der Waals surface area contributed by atoms with Crippen LogP contribution < -0.4 is 4.90 Å². The van der Waals surface area contributed by atoms with Gasteiger partial charge in [0.25, 0.3) is 0 Å². The SMILES string of the molecule is CCCOC1CCCN(c2ncc(Br)cc2Br)C1. The van der Waals surface area contributed by atoms with Crippen LogP contribution >= 0.6 is 31.9 Å². The van der Waals surface area contributed by atoms with E-state index in [1.807, 2.05) is 12.3 Å². The molecule has 5 heteroatoms. The summed E-state index contributed by atoms with van der Waals surface area (Å²) in [6.07, 6.45) is 5.59. The lowest BCUT2D eigenvalue weighted by Crippen LogP contribution is -2.40. The number of ether oxygens (including phenoxy) is 1. The number of hydrogen-bond donors (Lipinski definition) is 0. The molecule has 1 aromatic rings. The van der Waals surface area contributed by atoms with Gasteiger partial charge in [-0.05, 0) is 57.2 Å². The zero-order chi connectivity index (χ0) is 13.0. The Bertz CT molecular complexity index is 401. The van der Waals surface area contributed by atoms with Gasteiger partial charge >= 0.3 is 0 Å². The molecule has 18 heavy (non-hydrogen) atoms. The lowest BCUT2D eigenvalue weighted by Gasteiger charge is -2.34. The maximum absolute atomic E-state index is 5.85. The van der Waals surface area contributed by atoms with Crippen molar-refractivity contribution < 1.29 is 4.74 Å². The second kappa shape index (κ2) is 6.87. The van der Waals surface area contributed by atoms with Crippen molar-refractivity contribution in [2.45, 2.75) is 32.3 Å². The number of rotatable bonds is 4. The average molecular weight is 378 g/mol. The van der Waals surface area contributed by atoms with Gasteiger partial charge in [-0.2, -0.15) is 0 Å². The van der Waals surface area contributed by atoms with E-state index in [9.17, 15) is 0 Å². The van der Waals surface area contributed by atoms with Gasteiger partial charge in [-0.25, -0.2) is 4.98 Å². The van der Waals surface area contributed by atoms with Crippen LogP contribution in [-0.2, 0) is 4.74 Å². The zero-order valence-electron chi connectivity index (χ0n) is 10.5. The van der Waals surface area contributed by atoms with E-state index in [1.54, 1.807) is 0 Å². The normalized spacial score (nSPS) is 20.2. The summed E-state index contributed by atoms with van der Waals surface area (Å²) in [7, 11) is 0. The van der Waals surface area contributed by atoms with E-state index in [0.717, 1.165) is 47.3 Å². The molecule has 3 nitrogen and oxygen atoms in total. The third kappa shape index (κ3) is 3.68. The first-order valence-corrected chi connectivity index (χ1v) is 7.97. The van der Waals surface area contributed by atoms with E-state index in [1.165, 1.54) is 6.42 Å². The van der Waals surface area contributed by atoms with E-state index < -0.39 is 0 Å². The third-order valence-corrected chi connectivity index (χ3v) is 4.04. The van der Waals surface area contributed by atoms with E-state index in [2.05, 4.69) is 48.7 Å². The molecule has 0 amide bonds. The summed E-state index contributed by atoms with van der Waals surface area (Å²) in [5.74, 6) is 1.02. The number of halogens is 2. The maximum atomic E-state index is 5.85. The molecule has 0 aromatic carbocycles. The van der Waals surface area contributed by atoms with Crippen LogP contribution in [0, 0.1) is 0 Å². The Morgan fingerprint density at radius 2 is 2.33 bits per heavy atom. The fourth-order valence-electron chi connectivity index (χ4n) is 2.19. The summed E-state index contributed by atoms with van der Waals surface area (Å²) >= 11 is 7.01. The molecular formula is C13H18Br2N2O. The highest BCUT2D eigenvalue weighted by Crippen LogP contribution is 2.29. The van der Waals surface area contributed by atoms with E-state index >= 15 is 0 Å². The number of hydrogen-bond acceptors (Lipinski definition) is 3. The van der Waals surface area contributed by atoms with Gasteiger partial charge in [0, 0.05) is 30.4 Å². The van der Waals surface area contributed by atoms with Gasteiger partial charge in [-0.15, -0.1) is 0 Å². The van der Waals surface area contributed by atoms with Crippen molar-refractivity contribution in [3.8, 4) is 0 Å².